The summed E-state index contributed by atoms with van der Waals surface area (Å²) >= 11 is 1.75. The lowest BCUT2D eigenvalue weighted by Crippen LogP contribution is -2.19. The number of amidine groups is 1. The molecule has 21 heavy (non-hydrogen) atoms. The van der Waals surface area contributed by atoms with Gasteiger partial charge in [-0.05, 0) is 42.8 Å². The molecule has 1 saturated carbocycles. The molecule has 0 radical (unpaired) electrons. The Hall–Kier alpha value is -1.61. The molecule has 3 rings (SSSR count). The summed E-state index contributed by atoms with van der Waals surface area (Å²) < 4.78 is 0. The Bertz CT molecular complexity index is 595. The minimum atomic E-state index is 0.479. The van der Waals surface area contributed by atoms with Gasteiger partial charge in [0.15, 0.2) is 0 Å². The molecule has 1 fully saturated rings. The summed E-state index contributed by atoms with van der Waals surface area (Å²) in [6.07, 6.45) is 6.45. The van der Waals surface area contributed by atoms with E-state index in [-0.39, 0.29) is 0 Å². The molecule has 0 unspecified atom stereocenters. The lowest BCUT2D eigenvalue weighted by Gasteiger charge is -2.20. The van der Waals surface area contributed by atoms with Gasteiger partial charge in [-0.3, -0.25) is 4.99 Å². The number of hydrogen-bond donors (Lipinski definition) is 1. The summed E-state index contributed by atoms with van der Waals surface area (Å²) in [7, 11) is 0. The maximum Gasteiger partial charge on any atom is 0.143 e. The van der Waals surface area contributed by atoms with Gasteiger partial charge in [-0.2, -0.15) is 0 Å². The topological polar surface area (TPSA) is 24.4 Å². The number of thiophene rings is 1. The van der Waals surface area contributed by atoms with Crippen LogP contribution in [0.15, 0.2) is 46.8 Å². The van der Waals surface area contributed by atoms with Gasteiger partial charge in [0, 0.05) is 5.69 Å². The van der Waals surface area contributed by atoms with E-state index in [9.17, 15) is 0 Å². The molecular formula is C18H22N2S. The quantitative estimate of drug-likeness (QED) is 0.607. The van der Waals surface area contributed by atoms with Crippen LogP contribution in [-0.4, -0.2) is 11.9 Å². The van der Waals surface area contributed by atoms with Crippen LogP contribution in [0.25, 0.3) is 0 Å². The Morgan fingerprint density at radius 2 is 1.90 bits per heavy atom. The third-order valence-electron chi connectivity index (χ3n) is 4.04. The monoisotopic (exact) mass is 298 g/mol. The predicted octanol–water partition coefficient (Wildman–Crippen LogP) is 5.25. The fraction of sp³-hybridized carbons (Fsp3) is 0.389. The van der Waals surface area contributed by atoms with Crippen molar-refractivity contribution in [3.05, 3.63) is 52.2 Å². The van der Waals surface area contributed by atoms with Crippen LogP contribution in [0.4, 0.5) is 5.69 Å². The van der Waals surface area contributed by atoms with Crippen molar-refractivity contribution in [3.63, 3.8) is 0 Å². The molecule has 1 heterocycles. The molecule has 110 valence electrons. The third-order valence-corrected chi connectivity index (χ3v) is 4.92. The average Bonchev–Trinajstić information content (AvgIpc) is 3.04. The third kappa shape index (κ3) is 3.73. The molecular weight excluding hydrogens is 276 g/mol. The van der Waals surface area contributed by atoms with E-state index < -0.39 is 0 Å². The fourth-order valence-electron chi connectivity index (χ4n) is 2.80. The molecule has 1 N–H and O–H groups in total. The SMILES string of the molecule is Cc1ccccc1NC(=NC1CCCCC1)c1cccs1. The second-order valence-corrected chi connectivity index (χ2v) is 6.63. The summed E-state index contributed by atoms with van der Waals surface area (Å²) in [5.74, 6) is 1.03. The first-order valence-corrected chi connectivity index (χ1v) is 8.65. The van der Waals surface area contributed by atoms with Gasteiger partial charge in [0.25, 0.3) is 0 Å². The van der Waals surface area contributed by atoms with Crippen molar-refractivity contribution in [2.75, 3.05) is 5.32 Å². The van der Waals surface area contributed by atoms with Crippen LogP contribution in [-0.2, 0) is 0 Å². The molecule has 1 aliphatic rings. The molecule has 0 spiro atoms. The van der Waals surface area contributed by atoms with Crippen LogP contribution >= 0.6 is 11.3 Å². The van der Waals surface area contributed by atoms with Crippen LogP contribution in [0.3, 0.4) is 0 Å². The van der Waals surface area contributed by atoms with Gasteiger partial charge in [-0.15, -0.1) is 11.3 Å². The van der Waals surface area contributed by atoms with Crippen molar-refractivity contribution in [1.82, 2.24) is 0 Å². The Balaban J connectivity index is 1.86. The largest absolute Gasteiger partial charge is 0.339 e. The van der Waals surface area contributed by atoms with E-state index in [2.05, 4.69) is 54.0 Å². The van der Waals surface area contributed by atoms with Crippen LogP contribution in [0.1, 0.15) is 42.5 Å². The molecule has 3 heteroatoms. The number of benzene rings is 1. The van der Waals surface area contributed by atoms with Gasteiger partial charge >= 0.3 is 0 Å². The van der Waals surface area contributed by atoms with Gasteiger partial charge in [0.1, 0.15) is 5.84 Å². The molecule has 2 nitrogen and oxygen atoms in total. The first-order valence-electron chi connectivity index (χ1n) is 7.77. The van der Waals surface area contributed by atoms with Crippen LogP contribution in [0.5, 0.6) is 0 Å². The van der Waals surface area contributed by atoms with E-state index in [1.54, 1.807) is 11.3 Å². The van der Waals surface area contributed by atoms with Crippen LogP contribution in [0, 0.1) is 6.92 Å². The highest BCUT2D eigenvalue weighted by molar-refractivity contribution is 7.12. The second kappa shape index (κ2) is 6.90. The minimum Gasteiger partial charge on any atom is -0.339 e. The Labute approximate surface area is 130 Å². The summed E-state index contributed by atoms with van der Waals surface area (Å²) in [5.41, 5.74) is 2.41. The molecule has 1 aliphatic carbocycles. The normalized spacial score (nSPS) is 16.9. The number of aliphatic imine (C=N–C) groups is 1. The summed E-state index contributed by atoms with van der Waals surface area (Å²) in [5, 5.41) is 5.67. The average molecular weight is 298 g/mol. The lowest BCUT2D eigenvalue weighted by molar-refractivity contribution is 0.443. The summed E-state index contributed by atoms with van der Waals surface area (Å²) in [6, 6.07) is 13.1. The maximum atomic E-state index is 5.03. The van der Waals surface area contributed by atoms with Crippen molar-refractivity contribution in [1.29, 1.82) is 0 Å². The number of aryl methyl sites for hydroxylation is 1. The van der Waals surface area contributed by atoms with Crippen LogP contribution < -0.4 is 5.32 Å². The van der Waals surface area contributed by atoms with Crippen molar-refractivity contribution in [2.24, 2.45) is 4.99 Å². The molecule has 2 aromatic rings. The number of nitrogens with one attached hydrogen (secondary N) is 1. The van der Waals surface area contributed by atoms with Crippen molar-refractivity contribution >= 4 is 22.9 Å². The number of nitrogens with zero attached hydrogens (tertiary/aromatic N) is 1. The van der Waals surface area contributed by atoms with E-state index in [0.717, 1.165) is 11.5 Å². The zero-order valence-electron chi connectivity index (χ0n) is 12.5. The van der Waals surface area contributed by atoms with Gasteiger partial charge in [-0.1, -0.05) is 43.5 Å². The minimum absolute atomic E-state index is 0.479. The Morgan fingerprint density at radius 1 is 1.10 bits per heavy atom. The first-order chi connectivity index (χ1) is 10.3. The van der Waals surface area contributed by atoms with Gasteiger partial charge in [0.05, 0.1) is 10.9 Å². The first kappa shape index (κ1) is 14.3. The molecule has 1 aromatic carbocycles. The molecule has 0 amide bonds. The number of para-hydroxylation sites is 1. The standard InChI is InChI=1S/C18H22N2S/c1-14-8-5-6-11-16(14)20-18(17-12-7-13-21-17)19-15-9-3-2-4-10-15/h5-8,11-13,15H,2-4,9-10H2,1H3,(H,19,20). The molecule has 0 aliphatic heterocycles. The fourth-order valence-corrected chi connectivity index (χ4v) is 3.48. The van der Waals surface area contributed by atoms with Crippen LogP contribution in [0.2, 0.25) is 0 Å². The second-order valence-electron chi connectivity index (χ2n) is 5.69. The number of anilines is 1. The van der Waals surface area contributed by atoms with Crippen molar-refractivity contribution < 1.29 is 0 Å². The molecule has 1 aromatic heterocycles. The summed E-state index contributed by atoms with van der Waals surface area (Å²) in [4.78, 5) is 6.26. The number of rotatable bonds is 3. The number of hydrogen-bond acceptors (Lipinski definition) is 2. The van der Waals surface area contributed by atoms with Crippen molar-refractivity contribution in [3.8, 4) is 0 Å². The highest BCUT2D eigenvalue weighted by Crippen LogP contribution is 2.23. The maximum absolute atomic E-state index is 5.03. The highest BCUT2D eigenvalue weighted by atomic mass is 32.1. The molecule has 0 bridgehead atoms. The predicted molar refractivity (Wildman–Crippen MR) is 92.5 cm³/mol. The molecule has 0 atom stereocenters. The van der Waals surface area contributed by atoms with E-state index in [0.29, 0.717) is 6.04 Å². The van der Waals surface area contributed by atoms with Gasteiger partial charge in [-0.25, -0.2) is 0 Å². The summed E-state index contributed by atoms with van der Waals surface area (Å²) in [6.45, 7) is 2.13. The smallest absolute Gasteiger partial charge is 0.143 e. The van der Waals surface area contributed by atoms with E-state index in [1.165, 1.54) is 42.5 Å². The Kier molecular flexibility index (Phi) is 4.71. The zero-order valence-corrected chi connectivity index (χ0v) is 13.3. The highest BCUT2D eigenvalue weighted by Gasteiger charge is 2.15. The molecule has 0 saturated heterocycles. The van der Waals surface area contributed by atoms with Crippen molar-refractivity contribution in [2.45, 2.75) is 45.1 Å². The van der Waals surface area contributed by atoms with Gasteiger partial charge in [0.2, 0.25) is 0 Å². The van der Waals surface area contributed by atoms with E-state index in [1.807, 2.05) is 0 Å². The zero-order chi connectivity index (χ0) is 14.5. The van der Waals surface area contributed by atoms with Gasteiger partial charge < -0.3 is 5.32 Å². The lowest BCUT2D eigenvalue weighted by atomic mass is 9.96. The van der Waals surface area contributed by atoms with E-state index in [4.69, 9.17) is 4.99 Å². The van der Waals surface area contributed by atoms with E-state index >= 15 is 0 Å². The Morgan fingerprint density at radius 3 is 2.62 bits per heavy atom.